The zero-order valence-electron chi connectivity index (χ0n) is 9.71. The second-order valence-corrected chi connectivity index (χ2v) is 5.93. The lowest BCUT2D eigenvalue weighted by atomic mass is 9.88. The lowest BCUT2D eigenvalue weighted by molar-refractivity contribution is -0.0106. The average Bonchev–Trinajstić information content (AvgIpc) is 2.23. The molecule has 88 valence electrons. The van der Waals surface area contributed by atoms with Crippen LogP contribution in [0.5, 0.6) is 0 Å². The summed E-state index contributed by atoms with van der Waals surface area (Å²) in [6.45, 7) is 4.20. The molecule has 2 nitrogen and oxygen atoms in total. The molecule has 0 aromatic heterocycles. The van der Waals surface area contributed by atoms with Gasteiger partial charge in [0.15, 0.2) is 0 Å². The Balaban J connectivity index is 1.52. The van der Waals surface area contributed by atoms with Gasteiger partial charge in [0.1, 0.15) is 0 Å². The van der Waals surface area contributed by atoms with E-state index in [1.54, 1.807) is 0 Å². The van der Waals surface area contributed by atoms with Crippen LogP contribution in [0.25, 0.3) is 0 Å². The topological polar surface area (TPSA) is 21.3 Å². The zero-order chi connectivity index (χ0) is 10.5. The summed E-state index contributed by atoms with van der Waals surface area (Å²) in [6.07, 6.45) is 5.85. The first-order valence-corrected chi connectivity index (χ1v) is 7.46. The maximum atomic E-state index is 5.56. The minimum Gasteiger partial charge on any atom is -0.378 e. The molecule has 0 bridgehead atoms. The molecular weight excluding hydrogens is 206 g/mol. The highest BCUT2D eigenvalue weighted by molar-refractivity contribution is 7.99. The quantitative estimate of drug-likeness (QED) is 0.781. The molecule has 0 atom stereocenters. The minimum absolute atomic E-state index is 0.550. The van der Waals surface area contributed by atoms with Gasteiger partial charge in [-0.3, -0.25) is 0 Å². The second-order valence-electron chi connectivity index (χ2n) is 4.71. The van der Waals surface area contributed by atoms with Crippen molar-refractivity contribution >= 4 is 11.8 Å². The van der Waals surface area contributed by atoms with Crippen molar-refractivity contribution in [3.63, 3.8) is 0 Å². The predicted octanol–water partition coefficient (Wildman–Crippen LogP) is 2.29. The summed E-state index contributed by atoms with van der Waals surface area (Å²) >= 11 is 2.11. The normalized spacial score (nSPS) is 32.6. The van der Waals surface area contributed by atoms with E-state index in [0.29, 0.717) is 6.10 Å². The Morgan fingerprint density at radius 3 is 2.67 bits per heavy atom. The van der Waals surface area contributed by atoms with Gasteiger partial charge in [0.05, 0.1) is 6.10 Å². The monoisotopic (exact) mass is 229 g/mol. The highest BCUT2D eigenvalue weighted by Gasteiger charge is 2.29. The van der Waals surface area contributed by atoms with Gasteiger partial charge in [-0.2, -0.15) is 11.8 Å². The van der Waals surface area contributed by atoms with E-state index in [-0.39, 0.29) is 0 Å². The number of nitrogens with one attached hydrogen (secondary N) is 1. The van der Waals surface area contributed by atoms with E-state index in [9.17, 15) is 0 Å². The highest BCUT2D eigenvalue weighted by atomic mass is 32.2. The summed E-state index contributed by atoms with van der Waals surface area (Å²) in [5.74, 6) is 3.69. The highest BCUT2D eigenvalue weighted by Crippen LogP contribution is 2.25. The molecule has 2 fully saturated rings. The maximum absolute atomic E-state index is 5.56. The van der Waals surface area contributed by atoms with Gasteiger partial charge >= 0.3 is 0 Å². The van der Waals surface area contributed by atoms with Gasteiger partial charge in [-0.05, 0) is 56.6 Å². The first kappa shape index (κ1) is 11.7. The molecule has 1 N–H and O–H groups in total. The van der Waals surface area contributed by atoms with E-state index in [4.69, 9.17) is 4.74 Å². The van der Waals surface area contributed by atoms with Crippen molar-refractivity contribution in [2.45, 2.75) is 44.8 Å². The third-order valence-corrected chi connectivity index (χ3v) is 4.58. The molecule has 1 saturated heterocycles. The van der Waals surface area contributed by atoms with Crippen LogP contribution in [0.15, 0.2) is 0 Å². The predicted molar refractivity (Wildman–Crippen MR) is 66.5 cm³/mol. The maximum Gasteiger partial charge on any atom is 0.0604 e. The van der Waals surface area contributed by atoms with Gasteiger partial charge in [-0.1, -0.05) is 0 Å². The molecule has 3 heteroatoms. The average molecular weight is 229 g/mol. The van der Waals surface area contributed by atoms with Gasteiger partial charge in [0.25, 0.3) is 0 Å². The van der Waals surface area contributed by atoms with Crippen molar-refractivity contribution in [1.29, 1.82) is 0 Å². The molecule has 15 heavy (non-hydrogen) atoms. The zero-order valence-corrected chi connectivity index (χ0v) is 10.5. The van der Waals surface area contributed by atoms with E-state index in [1.165, 1.54) is 43.7 Å². The Kier molecular flexibility index (Phi) is 4.79. The molecule has 0 amide bonds. The lowest BCUT2D eigenvalue weighted by Crippen LogP contribution is -2.47. The van der Waals surface area contributed by atoms with E-state index in [1.807, 2.05) is 0 Å². The Morgan fingerprint density at radius 1 is 1.27 bits per heavy atom. The van der Waals surface area contributed by atoms with Crippen LogP contribution in [0.1, 0.15) is 32.6 Å². The standard InChI is InChI=1S/C12H23NOS/c1-2-14-12-7-11(8-12)13-9-10-3-5-15-6-4-10/h10-13H,2-9H2,1H3. The Labute approximate surface area is 97.5 Å². The number of rotatable bonds is 5. The second kappa shape index (κ2) is 6.12. The van der Waals surface area contributed by atoms with Crippen LogP contribution in [0, 0.1) is 5.92 Å². The lowest BCUT2D eigenvalue weighted by Gasteiger charge is -2.36. The van der Waals surface area contributed by atoms with Gasteiger partial charge < -0.3 is 10.1 Å². The minimum atomic E-state index is 0.550. The smallest absolute Gasteiger partial charge is 0.0604 e. The van der Waals surface area contributed by atoms with E-state index >= 15 is 0 Å². The Morgan fingerprint density at radius 2 is 2.00 bits per heavy atom. The van der Waals surface area contributed by atoms with Gasteiger partial charge in [0.2, 0.25) is 0 Å². The fourth-order valence-electron chi connectivity index (χ4n) is 2.39. The molecule has 0 aromatic carbocycles. The van der Waals surface area contributed by atoms with Gasteiger partial charge in [0, 0.05) is 12.6 Å². The molecule has 1 aliphatic heterocycles. The number of thioether (sulfide) groups is 1. The van der Waals surface area contributed by atoms with Crippen LogP contribution in [0.2, 0.25) is 0 Å². The fourth-order valence-corrected chi connectivity index (χ4v) is 3.59. The number of hydrogen-bond acceptors (Lipinski definition) is 3. The molecule has 2 aliphatic rings. The van der Waals surface area contributed by atoms with Crippen molar-refractivity contribution in [2.24, 2.45) is 5.92 Å². The van der Waals surface area contributed by atoms with Gasteiger partial charge in [-0.25, -0.2) is 0 Å². The summed E-state index contributed by atoms with van der Waals surface area (Å²) in [4.78, 5) is 0. The Hall–Kier alpha value is 0.270. The summed E-state index contributed by atoms with van der Waals surface area (Å²) in [6, 6.07) is 0.746. The van der Waals surface area contributed by atoms with Crippen molar-refractivity contribution in [3.8, 4) is 0 Å². The van der Waals surface area contributed by atoms with Crippen molar-refractivity contribution in [2.75, 3.05) is 24.7 Å². The molecule has 0 aromatic rings. The summed E-state index contributed by atoms with van der Waals surface area (Å²) in [5.41, 5.74) is 0. The number of hydrogen-bond donors (Lipinski definition) is 1. The molecule has 2 rings (SSSR count). The molecule has 1 aliphatic carbocycles. The molecule has 1 heterocycles. The summed E-state index contributed by atoms with van der Waals surface area (Å²) in [7, 11) is 0. The van der Waals surface area contributed by atoms with Crippen LogP contribution in [-0.4, -0.2) is 36.8 Å². The van der Waals surface area contributed by atoms with Crippen molar-refractivity contribution in [1.82, 2.24) is 5.32 Å². The third-order valence-electron chi connectivity index (χ3n) is 3.53. The van der Waals surface area contributed by atoms with Crippen LogP contribution < -0.4 is 5.32 Å². The van der Waals surface area contributed by atoms with Crippen LogP contribution in [0.4, 0.5) is 0 Å². The van der Waals surface area contributed by atoms with E-state index < -0.39 is 0 Å². The molecule has 0 spiro atoms. The Bertz CT molecular complexity index is 176. The van der Waals surface area contributed by atoms with E-state index in [2.05, 4.69) is 24.0 Å². The van der Waals surface area contributed by atoms with E-state index in [0.717, 1.165) is 18.6 Å². The van der Waals surface area contributed by atoms with Crippen molar-refractivity contribution < 1.29 is 4.74 Å². The summed E-state index contributed by atoms with van der Waals surface area (Å²) in [5, 5.41) is 3.69. The molecular formula is C12H23NOS. The first-order chi connectivity index (χ1) is 7.38. The SMILES string of the molecule is CCOC1CC(NCC2CCSCC2)C1. The van der Waals surface area contributed by atoms with Crippen LogP contribution >= 0.6 is 11.8 Å². The fraction of sp³-hybridized carbons (Fsp3) is 1.00. The van der Waals surface area contributed by atoms with Crippen molar-refractivity contribution in [3.05, 3.63) is 0 Å². The first-order valence-electron chi connectivity index (χ1n) is 6.31. The number of ether oxygens (including phenoxy) is 1. The molecule has 0 unspecified atom stereocenters. The largest absolute Gasteiger partial charge is 0.378 e. The third kappa shape index (κ3) is 3.65. The van der Waals surface area contributed by atoms with Crippen LogP contribution in [-0.2, 0) is 4.74 Å². The van der Waals surface area contributed by atoms with Crippen LogP contribution in [0.3, 0.4) is 0 Å². The molecule has 0 radical (unpaired) electrons. The molecule has 1 saturated carbocycles. The van der Waals surface area contributed by atoms with Gasteiger partial charge in [-0.15, -0.1) is 0 Å². The summed E-state index contributed by atoms with van der Waals surface area (Å²) < 4.78 is 5.56.